The van der Waals surface area contributed by atoms with Crippen LogP contribution in [-0.4, -0.2) is 9.97 Å². The zero-order valence-corrected chi connectivity index (χ0v) is 28.0. The molecule has 1 aliphatic heterocycles. The van der Waals surface area contributed by atoms with E-state index in [0.717, 1.165) is 84.1 Å². The summed E-state index contributed by atoms with van der Waals surface area (Å²) in [5, 5.41) is 10.3. The van der Waals surface area contributed by atoms with E-state index in [9.17, 15) is 5.26 Å². The van der Waals surface area contributed by atoms with Gasteiger partial charge in [-0.15, -0.1) is 0 Å². The van der Waals surface area contributed by atoms with E-state index in [4.69, 9.17) is 14.7 Å². The second kappa shape index (κ2) is 11.8. The number of hydrogen-bond donors (Lipinski definition) is 0. The van der Waals surface area contributed by atoms with Gasteiger partial charge in [-0.1, -0.05) is 158 Å². The molecule has 0 radical (unpaired) electrons. The quantitative estimate of drug-likeness (QED) is 0.188. The molecule has 10 rings (SSSR count). The highest BCUT2D eigenvalue weighted by Gasteiger charge is 2.52. The lowest BCUT2D eigenvalue weighted by Crippen LogP contribution is -2.32. The van der Waals surface area contributed by atoms with Crippen molar-refractivity contribution >= 4 is 0 Å². The summed E-state index contributed by atoms with van der Waals surface area (Å²) in [6.07, 6.45) is 0. The molecule has 0 fully saturated rings. The van der Waals surface area contributed by atoms with E-state index in [1.807, 2.05) is 54.6 Å². The Bertz CT molecular complexity index is 2660. The number of nitriles is 1. The Morgan fingerprint density at radius 1 is 0.462 bits per heavy atom. The van der Waals surface area contributed by atoms with Gasteiger partial charge >= 0.3 is 0 Å². The van der Waals surface area contributed by atoms with Crippen molar-refractivity contribution in [3.63, 3.8) is 0 Å². The van der Waals surface area contributed by atoms with Crippen molar-refractivity contribution in [1.82, 2.24) is 9.97 Å². The van der Waals surface area contributed by atoms with Crippen LogP contribution in [0, 0.1) is 11.3 Å². The summed E-state index contributed by atoms with van der Waals surface area (Å²) < 4.78 is 6.89. The highest BCUT2D eigenvalue weighted by atomic mass is 16.5. The summed E-state index contributed by atoms with van der Waals surface area (Å²) in [4.78, 5) is 10.1. The number of aromatic nitrogens is 2. The fourth-order valence-electron chi connectivity index (χ4n) is 8.18. The first kappa shape index (κ1) is 29.8. The third-order valence-corrected chi connectivity index (χ3v) is 10.4. The molecule has 8 aromatic rings. The van der Waals surface area contributed by atoms with Crippen molar-refractivity contribution in [2.24, 2.45) is 0 Å². The van der Waals surface area contributed by atoms with E-state index in [2.05, 4.69) is 127 Å². The Labute approximate surface area is 301 Å². The first-order valence-corrected chi connectivity index (χ1v) is 17.4. The Morgan fingerprint density at radius 3 is 1.73 bits per heavy atom. The van der Waals surface area contributed by atoms with Gasteiger partial charge in [-0.25, -0.2) is 9.97 Å². The molecule has 0 amide bonds. The van der Waals surface area contributed by atoms with Crippen LogP contribution in [0.3, 0.4) is 0 Å². The van der Waals surface area contributed by atoms with E-state index >= 15 is 0 Å². The maximum absolute atomic E-state index is 10.3. The average Bonchev–Trinajstić information content (AvgIpc) is 3.52. The molecule has 1 spiro atoms. The van der Waals surface area contributed by atoms with Crippen molar-refractivity contribution < 1.29 is 4.74 Å². The van der Waals surface area contributed by atoms with Gasteiger partial charge < -0.3 is 4.74 Å². The molecule has 1 unspecified atom stereocenters. The number of fused-ring (bicyclic) bond motifs is 9. The van der Waals surface area contributed by atoms with Crippen LogP contribution >= 0.6 is 0 Å². The van der Waals surface area contributed by atoms with E-state index in [-0.39, 0.29) is 0 Å². The normalized spacial score (nSPS) is 14.8. The molecule has 4 heteroatoms. The van der Waals surface area contributed by atoms with Gasteiger partial charge in [0, 0.05) is 38.9 Å². The first-order valence-electron chi connectivity index (χ1n) is 17.4. The molecule has 1 atom stereocenters. The van der Waals surface area contributed by atoms with Crippen LogP contribution < -0.4 is 4.74 Å². The molecule has 0 saturated heterocycles. The van der Waals surface area contributed by atoms with Crippen LogP contribution in [0.15, 0.2) is 176 Å². The molecule has 0 N–H and O–H groups in total. The van der Waals surface area contributed by atoms with Gasteiger partial charge in [0.05, 0.1) is 28.4 Å². The third-order valence-electron chi connectivity index (χ3n) is 10.4. The van der Waals surface area contributed by atoms with Crippen LogP contribution in [0.4, 0.5) is 0 Å². The molecule has 1 aromatic heterocycles. The van der Waals surface area contributed by atoms with Crippen LogP contribution in [0.1, 0.15) is 27.8 Å². The van der Waals surface area contributed by atoms with E-state index in [1.165, 1.54) is 0 Å². The van der Waals surface area contributed by atoms with Gasteiger partial charge in [-0.3, -0.25) is 0 Å². The fourth-order valence-corrected chi connectivity index (χ4v) is 8.18. The van der Waals surface area contributed by atoms with Crippen molar-refractivity contribution in [2.75, 3.05) is 0 Å². The molecule has 4 nitrogen and oxygen atoms in total. The monoisotopic (exact) mass is 663 g/mol. The fraction of sp³-hybridized carbons (Fsp3) is 0.0208. The lowest BCUT2D eigenvalue weighted by molar-refractivity contribution is 0.438. The van der Waals surface area contributed by atoms with E-state index in [1.54, 1.807) is 0 Å². The molecule has 2 heterocycles. The number of ether oxygens (including phenoxy) is 1. The zero-order chi connectivity index (χ0) is 34.6. The van der Waals surface area contributed by atoms with Gasteiger partial charge in [-0.05, 0) is 40.5 Å². The maximum Gasteiger partial charge on any atom is 0.160 e. The van der Waals surface area contributed by atoms with E-state index in [0.29, 0.717) is 11.4 Å². The van der Waals surface area contributed by atoms with Crippen LogP contribution in [0.5, 0.6) is 11.5 Å². The van der Waals surface area contributed by atoms with Gasteiger partial charge in [-0.2, -0.15) is 5.26 Å². The predicted octanol–water partition coefficient (Wildman–Crippen LogP) is 11.5. The standard InChI is InChI=1S/C48H29N3O/c49-30-35-17-11-22-40-45(35)37-18-7-8-20-38(37)48(40)39-21-9-10-24-44(39)52-46-36(19-12-23-41(46)48)31-25-27-34(28-26-31)47-50-42(32-13-3-1-4-14-32)29-43(51-47)33-15-5-2-6-16-33/h1-29H. The first-order chi connectivity index (χ1) is 25.7. The Hall–Kier alpha value is -7.09. The highest BCUT2D eigenvalue weighted by Crippen LogP contribution is 2.63. The highest BCUT2D eigenvalue weighted by molar-refractivity contribution is 5.92. The number of nitrogens with zero attached hydrogens (tertiary/aromatic N) is 3. The maximum atomic E-state index is 10.3. The number of benzene rings is 7. The lowest BCUT2D eigenvalue weighted by atomic mass is 9.65. The summed E-state index contributed by atoms with van der Waals surface area (Å²) in [7, 11) is 0. The predicted molar refractivity (Wildman–Crippen MR) is 206 cm³/mol. The largest absolute Gasteiger partial charge is 0.456 e. The molecule has 242 valence electrons. The molecule has 2 aliphatic rings. The minimum atomic E-state index is -0.654. The molecule has 0 saturated carbocycles. The molecule has 7 aromatic carbocycles. The SMILES string of the molecule is N#Cc1cccc2c1-c1ccccc1C21c2ccccc2Oc2c(-c3ccc(-c4nc(-c5ccccc5)cc(-c5ccccc5)n4)cc3)cccc21. The molecular weight excluding hydrogens is 635 g/mol. The Kier molecular flexibility index (Phi) is 6.74. The molecule has 1 aliphatic carbocycles. The van der Waals surface area contributed by atoms with Crippen LogP contribution in [-0.2, 0) is 5.41 Å². The second-order valence-corrected chi connectivity index (χ2v) is 13.2. The smallest absolute Gasteiger partial charge is 0.160 e. The van der Waals surface area contributed by atoms with Crippen LogP contribution in [0.2, 0.25) is 0 Å². The van der Waals surface area contributed by atoms with Crippen molar-refractivity contribution in [3.05, 3.63) is 204 Å². The van der Waals surface area contributed by atoms with Gasteiger partial charge in [0.15, 0.2) is 5.82 Å². The van der Waals surface area contributed by atoms with E-state index < -0.39 is 5.41 Å². The molecule has 0 bridgehead atoms. The minimum absolute atomic E-state index is 0.654. The average molecular weight is 664 g/mol. The summed E-state index contributed by atoms with van der Waals surface area (Å²) in [5.74, 6) is 2.29. The Morgan fingerprint density at radius 2 is 1.02 bits per heavy atom. The van der Waals surface area contributed by atoms with Crippen LogP contribution in [0.25, 0.3) is 56.2 Å². The van der Waals surface area contributed by atoms with Crippen molar-refractivity contribution in [1.29, 1.82) is 5.26 Å². The van der Waals surface area contributed by atoms with Gasteiger partial charge in [0.2, 0.25) is 0 Å². The summed E-state index contributed by atoms with van der Waals surface area (Å²) in [6, 6.07) is 62.8. The molecular formula is C48H29N3O. The summed E-state index contributed by atoms with van der Waals surface area (Å²) >= 11 is 0. The number of rotatable bonds is 4. The minimum Gasteiger partial charge on any atom is -0.456 e. The third kappa shape index (κ3) is 4.40. The molecule has 52 heavy (non-hydrogen) atoms. The Balaban J connectivity index is 1.14. The summed E-state index contributed by atoms with van der Waals surface area (Å²) in [5.41, 5.74) is 13.2. The topological polar surface area (TPSA) is 58.8 Å². The number of hydrogen-bond acceptors (Lipinski definition) is 4. The summed E-state index contributed by atoms with van der Waals surface area (Å²) in [6.45, 7) is 0. The van der Waals surface area contributed by atoms with Gasteiger partial charge in [0.1, 0.15) is 11.5 Å². The van der Waals surface area contributed by atoms with Gasteiger partial charge in [0.25, 0.3) is 0 Å². The van der Waals surface area contributed by atoms with Crippen molar-refractivity contribution in [2.45, 2.75) is 5.41 Å². The lowest BCUT2D eigenvalue weighted by Gasteiger charge is -2.40. The number of para-hydroxylation sites is 2. The van der Waals surface area contributed by atoms with Crippen molar-refractivity contribution in [3.8, 4) is 73.7 Å². The zero-order valence-electron chi connectivity index (χ0n) is 28.0. The second-order valence-electron chi connectivity index (χ2n) is 13.2.